The molecule has 0 aliphatic carbocycles. The number of nitrogens with one attached hydrogen (secondary N) is 1. The van der Waals surface area contributed by atoms with Crippen LogP contribution in [-0.4, -0.2) is 48.3 Å². The number of carbonyl (C=O) groups is 2. The standard InChI is InChI=1S/C12H14N2O4/c15-11(16)9-1-3-10(4-2-9)13-12(17)14-5-7-18-8-6-14/h1-4H,5-8H2,(H,13,17)(H,15,16). The van der Waals surface area contributed by atoms with Crippen molar-refractivity contribution >= 4 is 17.7 Å². The maximum Gasteiger partial charge on any atom is 0.335 e. The Kier molecular flexibility index (Phi) is 3.78. The van der Waals surface area contributed by atoms with Gasteiger partial charge in [-0.05, 0) is 24.3 Å². The van der Waals surface area contributed by atoms with Crippen molar-refractivity contribution in [3.8, 4) is 0 Å². The number of carbonyl (C=O) groups excluding carboxylic acids is 1. The molecule has 6 heteroatoms. The van der Waals surface area contributed by atoms with E-state index in [-0.39, 0.29) is 11.6 Å². The number of hydrogen-bond acceptors (Lipinski definition) is 3. The minimum Gasteiger partial charge on any atom is -0.478 e. The first-order valence-corrected chi connectivity index (χ1v) is 5.64. The van der Waals surface area contributed by atoms with Gasteiger partial charge in [-0.3, -0.25) is 0 Å². The highest BCUT2D eigenvalue weighted by atomic mass is 16.5. The molecule has 18 heavy (non-hydrogen) atoms. The van der Waals surface area contributed by atoms with Gasteiger partial charge < -0.3 is 20.1 Å². The molecule has 0 bridgehead atoms. The highest BCUT2D eigenvalue weighted by Crippen LogP contribution is 2.11. The van der Waals surface area contributed by atoms with E-state index >= 15 is 0 Å². The summed E-state index contributed by atoms with van der Waals surface area (Å²) in [5, 5.41) is 11.5. The van der Waals surface area contributed by atoms with Crippen LogP contribution < -0.4 is 5.32 Å². The quantitative estimate of drug-likeness (QED) is 0.828. The van der Waals surface area contributed by atoms with Crippen LogP contribution in [0.4, 0.5) is 10.5 Å². The molecule has 1 aromatic carbocycles. The Morgan fingerprint density at radius 2 is 1.78 bits per heavy atom. The molecule has 0 atom stereocenters. The molecule has 1 aliphatic rings. The number of carboxylic acids is 1. The number of urea groups is 1. The molecule has 0 aromatic heterocycles. The molecule has 0 radical (unpaired) electrons. The zero-order valence-electron chi connectivity index (χ0n) is 9.76. The summed E-state index contributed by atoms with van der Waals surface area (Å²) < 4.78 is 5.16. The number of nitrogens with zero attached hydrogens (tertiary/aromatic N) is 1. The van der Waals surface area contributed by atoms with Gasteiger partial charge >= 0.3 is 12.0 Å². The number of carboxylic acid groups (broad SMARTS) is 1. The Morgan fingerprint density at radius 1 is 1.17 bits per heavy atom. The first kappa shape index (κ1) is 12.4. The smallest absolute Gasteiger partial charge is 0.335 e. The lowest BCUT2D eigenvalue weighted by atomic mass is 10.2. The molecule has 0 spiro atoms. The van der Waals surface area contributed by atoms with Gasteiger partial charge in [0, 0.05) is 18.8 Å². The van der Waals surface area contributed by atoms with Crippen molar-refractivity contribution in [2.24, 2.45) is 0 Å². The lowest BCUT2D eigenvalue weighted by Gasteiger charge is -2.26. The first-order valence-electron chi connectivity index (χ1n) is 5.64. The van der Waals surface area contributed by atoms with E-state index in [2.05, 4.69) is 5.32 Å². The molecule has 6 nitrogen and oxygen atoms in total. The average molecular weight is 250 g/mol. The predicted octanol–water partition coefficient (Wildman–Crippen LogP) is 1.25. The number of hydrogen-bond donors (Lipinski definition) is 2. The second kappa shape index (κ2) is 5.50. The van der Waals surface area contributed by atoms with E-state index in [1.54, 1.807) is 17.0 Å². The summed E-state index contributed by atoms with van der Waals surface area (Å²) in [5.74, 6) is -0.985. The van der Waals surface area contributed by atoms with Gasteiger partial charge in [-0.1, -0.05) is 0 Å². The average Bonchev–Trinajstić information content (AvgIpc) is 2.40. The number of morpholine rings is 1. The number of rotatable bonds is 2. The summed E-state index contributed by atoms with van der Waals surface area (Å²) in [6.07, 6.45) is 0. The van der Waals surface area contributed by atoms with Crippen LogP contribution in [-0.2, 0) is 4.74 Å². The second-order valence-electron chi connectivity index (χ2n) is 3.91. The van der Waals surface area contributed by atoms with Gasteiger partial charge in [0.2, 0.25) is 0 Å². The number of amides is 2. The van der Waals surface area contributed by atoms with Crippen molar-refractivity contribution in [1.29, 1.82) is 0 Å². The van der Waals surface area contributed by atoms with Crippen LogP contribution in [0.2, 0.25) is 0 Å². The molecule has 1 heterocycles. The monoisotopic (exact) mass is 250 g/mol. The van der Waals surface area contributed by atoms with E-state index < -0.39 is 5.97 Å². The number of ether oxygens (including phenoxy) is 1. The molecule has 2 N–H and O–H groups in total. The van der Waals surface area contributed by atoms with Crippen LogP contribution >= 0.6 is 0 Å². The summed E-state index contributed by atoms with van der Waals surface area (Å²) in [6, 6.07) is 5.86. The lowest BCUT2D eigenvalue weighted by molar-refractivity contribution is 0.0564. The number of benzene rings is 1. The van der Waals surface area contributed by atoms with Crippen LogP contribution in [0.1, 0.15) is 10.4 Å². The Labute approximate surface area is 104 Å². The topological polar surface area (TPSA) is 78.9 Å². The predicted molar refractivity (Wildman–Crippen MR) is 64.8 cm³/mol. The van der Waals surface area contributed by atoms with Gasteiger partial charge in [-0.2, -0.15) is 0 Å². The molecular weight excluding hydrogens is 236 g/mol. The fraction of sp³-hybridized carbons (Fsp3) is 0.333. The lowest BCUT2D eigenvalue weighted by Crippen LogP contribution is -2.43. The van der Waals surface area contributed by atoms with E-state index in [9.17, 15) is 9.59 Å². The fourth-order valence-electron chi connectivity index (χ4n) is 1.67. The van der Waals surface area contributed by atoms with E-state index in [0.29, 0.717) is 32.0 Å². The zero-order valence-corrected chi connectivity index (χ0v) is 9.76. The van der Waals surface area contributed by atoms with Gasteiger partial charge in [0.05, 0.1) is 18.8 Å². The molecule has 0 unspecified atom stereocenters. The van der Waals surface area contributed by atoms with Crippen molar-refractivity contribution < 1.29 is 19.4 Å². The van der Waals surface area contributed by atoms with Crippen LogP contribution in [0.25, 0.3) is 0 Å². The normalized spacial score (nSPS) is 15.2. The summed E-state index contributed by atoms with van der Waals surface area (Å²) in [4.78, 5) is 24.2. The summed E-state index contributed by atoms with van der Waals surface area (Å²) >= 11 is 0. The Balaban J connectivity index is 1.96. The van der Waals surface area contributed by atoms with Crippen molar-refractivity contribution in [3.63, 3.8) is 0 Å². The van der Waals surface area contributed by atoms with Crippen molar-refractivity contribution in [2.75, 3.05) is 31.6 Å². The van der Waals surface area contributed by atoms with E-state index in [1.807, 2.05) is 0 Å². The molecule has 1 saturated heterocycles. The minimum atomic E-state index is -0.985. The minimum absolute atomic E-state index is 0.193. The number of aromatic carboxylic acids is 1. The Bertz CT molecular complexity index is 438. The largest absolute Gasteiger partial charge is 0.478 e. The van der Waals surface area contributed by atoms with Crippen molar-refractivity contribution in [3.05, 3.63) is 29.8 Å². The van der Waals surface area contributed by atoms with Crippen LogP contribution in [0, 0.1) is 0 Å². The van der Waals surface area contributed by atoms with Gasteiger partial charge in [-0.15, -0.1) is 0 Å². The molecule has 2 rings (SSSR count). The molecule has 0 saturated carbocycles. The van der Waals surface area contributed by atoms with Crippen molar-refractivity contribution in [2.45, 2.75) is 0 Å². The maximum absolute atomic E-state index is 11.8. The number of anilines is 1. The molecule has 1 fully saturated rings. The molecule has 1 aromatic rings. The van der Waals surface area contributed by atoms with Crippen LogP contribution in [0.15, 0.2) is 24.3 Å². The Hall–Kier alpha value is -2.08. The van der Waals surface area contributed by atoms with E-state index in [1.165, 1.54) is 12.1 Å². The van der Waals surface area contributed by atoms with E-state index in [0.717, 1.165) is 0 Å². The third-order valence-electron chi connectivity index (χ3n) is 2.68. The van der Waals surface area contributed by atoms with Crippen molar-refractivity contribution in [1.82, 2.24) is 4.90 Å². The van der Waals surface area contributed by atoms with Gasteiger partial charge in [0.1, 0.15) is 0 Å². The summed E-state index contributed by atoms with van der Waals surface area (Å²) in [6.45, 7) is 2.23. The molecule has 1 aliphatic heterocycles. The SMILES string of the molecule is O=C(O)c1ccc(NC(=O)N2CCOCC2)cc1. The maximum atomic E-state index is 11.8. The van der Waals surface area contributed by atoms with Gasteiger partial charge in [0.15, 0.2) is 0 Å². The zero-order chi connectivity index (χ0) is 13.0. The van der Waals surface area contributed by atoms with Crippen LogP contribution in [0.5, 0.6) is 0 Å². The molecule has 96 valence electrons. The van der Waals surface area contributed by atoms with Gasteiger partial charge in [-0.25, -0.2) is 9.59 Å². The fourth-order valence-corrected chi connectivity index (χ4v) is 1.67. The third kappa shape index (κ3) is 2.98. The van der Waals surface area contributed by atoms with E-state index in [4.69, 9.17) is 9.84 Å². The molecular formula is C12H14N2O4. The summed E-state index contributed by atoms with van der Waals surface area (Å²) in [5.41, 5.74) is 0.774. The Morgan fingerprint density at radius 3 is 2.33 bits per heavy atom. The van der Waals surface area contributed by atoms with Gasteiger partial charge in [0.25, 0.3) is 0 Å². The molecule has 2 amide bonds. The van der Waals surface area contributed by atoms with Crippen LogP contribution in [0.3, 0.4) is 0 Å². The highest BCUT2D eigenvalue weighted by molar-refractivity contribution is 5.91. The highest BCUT2D eigenvalue weighted by Gasteiger charge is 2.16. The summed E-state index contributed by atoms with van der Waals surface area (Å²) in [7, 11) is 0. The third-order valence-corrected chi connectivity index (χ3v) is 2.68. The first-order chi connectivity index (χ1) is 8.66. The second-order valence-corrected chi connectivity index (χ2v) is 3.91.